The maximum absolute atomic E-state index is 5.28. The number of aromatic nitrogens is 2. The zero-order valence-electron chi connectivity index (χ0n) is 10.8. The summed E-state index contributed by atoms with van der Waals surface area (Å²) in [5, 5.41) is 10.3. The van der Waals surface area contributed by atoms with Gasteiger partial charge in [-0.2, -0.15) is 5.10 Å². The van der Waals surface area contributed by atoms with E-state index in [-0.39, 0.29) is 0 Å². The van der Waals surface area contributed by atoms with Crippen LogP contribution < -0.4 is 14.8 Å². The fraction of sp³-hybridized carbons (Fsp3) is 0.308. The lowest BCUT2D eigenvalue weighted by Gasteiger charge is -2.08. The third-order valence-electron chi connectivity index (χ3n) is 2.63. The number of nitrogens with zero attached hydrogens (tertiary/aromatic N) is 1. The highest BCUT2D eigenvalue weighted by Gasteiger charge is 2.08. The Kier molecular flexibility index (Phi) is 3.72. The molecule has 0 atom stereocenters. The number of H-pyrrole nitrogens is 1. The molecule has 2 aromatic rings. The molecule has 0 saturated heterocycles. The molecule has 5 nitrogen and oxygen atoms in total. The van der Waals surface area contributed by atoms with Crippen LogP contribution >= 0.6 is 0 Å². The molecule has 0 unspecified atom stereocenters. The predicted octanol–water partition coefficient (Wildman–Crippen LogP) is 2.53. The zero-order chi connectivity index (χ0) is 13.0. The largest absolute Gasteiger partial charge is 0.493 e. The van der Waals surface area contributed by atoms with Crippen molar-refractivity contribution in [3.05, 3.63) is 24.3 Å². The molecule has 0 amide bonds. The van der Waals surface area contributed by atoms with E-state index in [1.54, 1.807) is 14.2 Å². The lowest BCUT2D eigenvalue weighted by atomic mass is 10.1. The molecule has 1 aromatic heterocycles. The summed E-state index contributed by atoms with van der Waals surface area (Å²) in [6.07, 6.45) is 0. The van der Waals surface area contributed by atoms with Crippen LogP contribution in [0.3, 0.4) is 0 Å². The van der Waals surface area contributed by atoms with Gasteiger partial charge in [0, 0.05) is 18.2 Å². The molecular formula is C13H17N3O2. The van der Waals surface area contributed by atoms with Crippen molar-refractivity contribution in [1.82, 2.24) is 10.2 Å². The summed E-state index contributed by atoms with van der Waals surface area (Å²) in [5.41, 5.74) is 1.94. The monoisotopic (exact) mass is 247 g/mol. The van der Waals surface area contributed by atoms with E-state index >= 15 is 0 Å². The van der Waals surface area contributed by atoms with Crippen LogP contribution in [0.15, 0.2) is 24.3 Å². The maximum Gasteiger partial charge on any atom is 0.161 e. The average Bonchev–Trinajstić information content (AvgIpc) is 2.87. The average molecular weight is 247 g/mol. The smallest absolute Gasteiger partial charge is 0.161 e. The normalized spacial score (nSPS) is 10.2. The van der Waals surface area contributed by atoms with Crippen molar-refractivity contribution in [2.24, 2.45) is 0 Å². The molecule has 0 bridgehead atoms. The number of methoxy groups -OCH3 is 2. The van der Waals surface area contributed by atoms with Gasteiger partial charge >= 0.3 is 0 Å². The van der Waals surface area contributed by atoms with Gasteiger partial charge in [0.05, 0.1) is 19.9 Å². The van der Waals surface area contributed by atoms with Gasteiger partial charge in [0.15, 0.2) is 11.5 Å². The third-order valence-corrected chi connectivity index (χ3v) is 2.63. The van der Waals surface area contributed by atoms with E-state index in [4.69, 9.17) is 9.47 Å². The van der Waals surface area contributed by atoms with Crippen molar-refractivity contribution in [1.29, 1.82) is 0 Å². The highest BCUT2D eigenvalue weighted by molar-refractivity contribution is 5.66. The molecule has 0 aliphatic rings. The molecule has 96 valence electrons. The van der Waals surface area contributed by atoms with Crippen LogP contribution in [0.25, 0.3) is 11.3 Å². The van der Waals surface area contributed by atoms with Crippen molar-refractivity contribution < 1.29 is 9.47 Å². The molecule has 1 heterocycles. The molecule has 0 aliphatic carbocycles. The minimum Gasteiger partial charge on any atom is -0.493 e. The number of hydrogen-bond donors (Lipinski definition) is 2. The van der Waals surface area contributed by atoms with Crippen LogP contribution in [0, 0.1) is 0 Å². The molecule has 1 aromatic carbocycles. The molecule has 2 rings (SSSR count). The Balaban J connectivity index is 2.31. The second-order valence-corrected chi connectivity index (χ2v) is 3.77. The van der Waals surface area contributed by atoms with Gasteiger partial charge in [-0.15, -0.1) is 0 Å². The molecule has 0 radical (unpaired) electrons. The SMILES string of the molecule is CCNc1cc(-c2ccc(OC)c(OC)c2)[nH]n1. The Morgan fingerprint density at radius 2 is 1.94 bits per heavy atom. The van der Waals surface area contributed by atoms with Gasteiger partial charge in [0.25, 0.3) is 0 Å². The van der Waals surface area contributed by atoms with E-state index < -0.39 is 0 Å². The Morgan fingerprint density at radius 3 is 2.61 bits per heavy atom. The van der Waals surface area contributed by atoms with Gasteiger partial charge in [-0.1, -0.05) is 0 Å². The quantitative estimate of drug-likeness (QED) is 0.852. The first-order chi connectivity index (χ1) is 8.78. The predicted molar refractivity (Wildman–Crippen MR) is 71.3 cm³/mol. The number of hydrogen-bond acceptors (Lipinski definition) is 4. The van der Waals surface area contributed by atoms with Gasteiger partial charge in [-0.05, 0) is 25.1 Å². The summed E-state index contributed by atoms with van der Waals surface area (Å²) in [6, 6.07) is 7.72. The van der Waals surface area contributed by atoms with E-state index in [2.05, 4.69) is 15.5 Å². The Labute approximate surface area is 106 Å². The number of anilines is 1. The van der Waals surface area contributed by atoms with E-state index in [0.717, 1.165) is 23.6 Å². The molecule has 5 heteroatoms. The Bertz CT molecular complexity index is 523. The minimum absolute atomic E-state index is 0.703. The van der Waals surface area contributed by atoms with Crippen molar-refractivity contribution in [2.45, 2.75) is 6.92 Å². The lowest BCUT2D eigenvalue weighted by molar-refractivity contribution is 0.355. The van der Waals surface area contributed by atoms with Gasteiger partial charge < -0.3 is 14.8 Å². The number of nitrogens with one attached hydrogen (secondary N) is 2. The molecule has 18 heavy (non-hydrogen) atoms. The molecule has 0 aliphatic heterocycles. The van der Waals surface area contributed by atoms with Gasteiger partial charge in [-0.3, -0.25) is 5.10 Å². The van der Waals surface area contributed by atoms with Crippen molar-refractivity contribution in [3.63, 3.8) is 0 Å². The van der Waals surface area contributed by atoms with Gasteiger partial charge in [0.1, 0.15) is 5.82 Å². The lowest BCUT2D eigenvalue weighted by Crippen LogP contribution is -1.95. The summed E-state index contributed by atoms with van der Waals surface area (Å²) in [6.45, 7) is 2.88. The number of benzene rings is 1. The third kappa shape index (κ3) is 2.40. The summed E-state index contributed by atoms with van der Waals surface area (Å²) in [7, 11) is 3.25. The first-order valence-corrected chi connectivity index (χ1v) is 5.80. The van der Waals surface area contributed by atoms with Crippen LogP contribution in [-0.4, -0.2) is 31.0 Å². The number of rotatable bonds is 5. The van der Waals surface area contributed by atoms with E-state index in [0.29, 0.717) is 11.5 Å². The molecule has 0 fully saturated rings. The van der Waals surface area contributed by atoms with Crippen molar-refractivity contribution in [3.8, 4) is 22.8 Å². The van der Waals surface area contributed by atoms with Crippen LogP contribution in [0.1, 0.15) is 6.92 Å². The molecular weight excluding hydrogens is 230 g/mol. The first kappa shape index (κ1) is 12.3. The second-order valence-electron chi connectivity index (χ2n) is 3.77. The molecule has 0 saturated carbocycles. The maximum atomic E-state index is 5.28. The topological polar surface area (TPSA) is 59.2 Å². The summed E-state index contributed by atoms with van der Waals surface area (Å²) >= 11 is 0. The Morgan fingerprint density at radius 1 is 1.17 bits per heavy atom. The fourth-order valence-electron chi connectivity index (χ4n) is 1.75. The van der Waals surface area contributed by atoms with Crippen LogP contribution in [0.4, 0.5) is 5.82 Å². The minimum atomic E-state index is 0.703. The zero-order valence-corrected chi connectivity index (χ0v) is 10.8. The standard InChI is InChI=1S/C13H17N3O2/c1-4-14-13-8-10(15-16-13)9-5-6-11(17-2)12(7-9)18-3/h5-8H,4H2,1-3H3,(H2,14,15,16). The van der Waals surface area contributed by atoms with E-state index in [1.165, 1.54) is 0 Å². The summed E-state index contributed by atoms with van der Waals surface area (Å²) in [5.74, 6) is 2.25. The second kappa shape index (κ2) is 5.44. The Hall–Kier alpha value is -2.17. The van der Waals surface area contributed by atoms with Gasteiger partial charge in [0.2, 0.25) is 0 Å². The number of ether oxygens (including phenoxy) is 2. The van der Waals surface area contributed by atoms with Crippen LogP contribution in [0.2, 0.25) is 0 Å². The summed E-state index contributed by atoms with van der Waals surface area (Å²) < 4.78 is 10.5. The fourth-order valence-corrected chi connectivity index (χ4v) is 1.75. The van der Waals surface area contributed by atoms with E-state index in [1.807, 2.05) is 31.2 Å². The highest BCUT2D eigenvalue weighted by atomic mass is 16.5. The van der Waals surface area contributed by atoms with Crippen LogP contribution in [-0.2, 0) is 0 Å². The van der Waals surface area contributed by atoms with Gasteiger partial charge in [-0.25, -0.2) is 0 Å². The van der Waals surface area contributed by atoms with Crippen LogP contribution in [0.5, 0.6) is 11.5 Å². The van der Waals surface area contributed by atoms with Crippen molar-refractivity contribution >= 4 is 5.82 Å². The summed E-state index contributed by atoms with van der Waals surface area (Å²) in [4.78, 5) is 0. The first-order valence-electron chi connectivity index (χ1n) is 5.80. The number of aromatic amines is 1. The van der Waals surface area contributed by atoms with E-state index in [9.17, 15) is 0 Å². The highest BCUT2D eigenvalue weighted by Crippen LogP contribution is 2.32. The molecule has 0 spiro atoms. The van der Waals surface area contributed by atoms with Crippen molar-refractivity contribution in [2.75, 3.05) is 26.1 Å². The molecule has 2 N–H and O–H groups in total.